The van der Waals surface area contributed by atoms with Crippen LogP contribution < -0.4 is 0 Å². The number of benzene rings is 1. The van der Waals surface area contributed by atoms with Gasteiger partial charge in [-0.25, -0.2) is 4.98 Å². The zero-order chi connectivity index (χ0) is 13.2. The van der Waals surface area contributed by atoms with E-state index in [0.29, 0.717) is 5.88 Å². The second-order valence-corrected chi connectivity index (χ2v) is 5.88. The van der Waals surface area contributed by atoms with Crippen LogP contribution >= 0.6 is 22.9 Å². The van der Waals surface area contributed by atoms with Gasteiger partial charge < -0.3 is 4.57 Å². The summed E-state index contributed by atoms with van der Waals surface area (Å²) in [5, 5.41) is 2.12. The highest BCUT2D eigenvalue weighted by molar-refractivity contribution is 7.09. The molecular weight excluding hydrogens is 276 g/mol. The van der Waals surface area contributed by atoms with Crippen LogP contribution in [0, 0.1) is 6.92 Å². The molecule has 2 aromatic heterocycles. The maximum atomic E-state index is 6.04. The molecule has 3 rings (SSSR count). The van der Waals surface area contributed by atoms with E-state index in [-0.39, 0.29) is 0 Å². The Labute approximate surface area is 121 Å². The maximum Gasteiger partial charge on any atom is 0.124 e. The van der Waals surface area contributed by atoms with Crippen LogP contribution in [-0.4, -0.2) is 9.55 Å². The summed E-state index contributed by atoms with van der Waals surface area (Å²) in [6, 6.07) is 10.5. The van der Waals surface area contributed by atoms with Crippen LogP contribution in [0.4, 0.5) is 0 Å². The number of hydrogen-bond donors (Lipinski definition) is 0. The number of halogens is 1. The van der Waals surface area contributed by atoms with Gasteiger partial charge in [-0.05, 0) is 36.4 Å². The molecule has 0 bridgehead atoms. The quantitative estimate of drug-likeness (QED) is 0.652. The molecule has 1 aromatic carbocycles. The number of thiophene rings is 1. The summed E-state index contributed by atoms with van der Waals surface area (Å²) in [5.74, 6) is 1.42. The number of para-hydroxylation sites is 1. The first-order valence-corrected chi connectivity index (χ1v) is 7.74. The summed E-state index contributed by atoms with van der Waals surface area (Å²) in [4.78, 5) is 6.03. The van der Waals surface area contributed by atoms with E-state index >= 15 is 0 Å². The minimum atomic E-state index is 0.457. The zero-order valence-electron chi connectivity index (χ0n) is 10.8. The largest absolute Gasteiger partial charge is 0.326 e. The van der Waals surface area contributed by atoms with Gasteiger partial charge in [-0.2, -0.15) is 0 Å². The number of alkyl halides is 1. The fourth-order valence-electron chi connectivity index (χ4n) is 2.43. The number of aromatic nitrogens is 2. The third-order valence-corrected chi connectivity index (χ3v) is 4.50. The van der Waals surface area contributed by atoms with Crippen molar-refractivity contribution in [1.29, 1.82) is 0 Å². The van der Waals surface area contributed by atoms with Gasteiger partial charge in [-0.15, -0.1) is 22.9 Å². The first-order chi connectivity index (χ1) is 9.29. The van der Waals surface area contributed by atoms with E-state index in [2.05, 4.69) is 46.1 Å². The van der Waals surface area contributed by atoms with E-state index in [4.69, 9.17) is 11.6 Å². The summed E-state index contributed by atoms with van der Waals surface area (Å²) in [6.07, 6.45) is 1.03. The molecular formula is C15H15ClN2S. The first-order valence-electron chi connectivity index (χ1n) is 6.32. The predicted octanol–water partition coefficient (Wildman–Crippen LogP) is 4.39. The minimum Gasteiger partial charge on any atom is -0.326 e. The Morgan fingerprint density at radius 1 is 1.26 bits per heavy atom. The molecule has 2 heterocycles. The molecule has 0 aliphatic rings. The average Bonchev–Trinajstić information content (AvgIpc) is 3.03. The molecule has 19 heavy (non-hydrogen) atoms. The molecule has 0 saturated carbocycles. The zero-order valence-corrected chi connectivity index (χ0v) is 12.3. The fraction of sp³-hybridized carbons (Fsp3) is 0.267. The van der Waals surface area contributed by atoms with E-state index in [1.807, 2.05) is 6.07 Å². The Hall–Kier alpha value is -1.32. The van der Waals surface area contributed by atoms with Crippen molar-refractivity contribution in [3.05, 3.63) is 52.0 Å². The summed E-state index contributed by atoms with van der Waals surface area (Å²) >= 11 is 7.84. The van der Waals surface area contributed by atoms with Gasteiger partial charge in [0.25, 0.3) is 0 Å². The van der Waals surface area contributed by atoms with Crippen molar-refractivity contribution >= 4 is 34.0 Å². The van der Waals surface area contributed by atoms with Crippen LogP contribution in [0.3, 0.4) is 0 Å². The van der Waals surface area contributed by atoms with E-state index in [1.54, 1.807) is 11.3 Å². The molecule has 98 valence electrons. The van der Waals surface area contributed by atoms with Crippen LogP contribution in [0.15, 0.2) is 35.7 Å². The number of aryl methyl sites for hydroxylation is 3. The molecule has 0 amide bonds. The van der Waals surface area contributed by atoms with E-state index in [9.17, 15) is 0 Å². The second-order valence-electron chi connectivity index (χ2n) is 4.59. The van der Waals surface area contributed by atoms with Gasteiger partial charge in [0.05, 0.1) is 16.9 Å². The second kappa shape index (κ2) is 5.35. The molecule has 2 nitrogen and oxygen atoms in total. The van der Waals surface area contributed by atoms with Gasteiger partial charge in [0.1, 0.15) is 5.82 Å². The van der Waals surface area contributed by atoms with Crippen molar-refractivity contribution in [1.82, 2.24) is 9.55 Å². The van der Waals surface area contributed by atoms with Crippen LogP contribution in [0.5, 0.6) is 0 Å². The van der Waals surface area contributed by atoms with Gasteiger partial charge in [0, 0.05) is 11.4 Å². The maximum absolute atomic E-state index is 6.04. The lowest BCUT2D eigenvalue weighted by atomic mass is 10.2. The Morgan fingerprint density at radius 2 is 2.16 bits per heavy atom. The lowest BCUT2D eigenvalue weighted by Gasteiger charge is -2.08. The normalized spacial score (nSPS) is 11.3. The van der Waals surface area contributed by atoms with E-state index < -0.39 is 0 Å². The van der Waals surface area contributed by atoms with Gasteiger partial charge in [0.15, 0.2) is 0 Å². The number of imidazole rings is 1. The third-order valence-electron chi connectivity index (χ3n) is 3.33. The smallest absolute Gasteiger partial charge is 0.124 e. The van der Waals surface area contributed by atoms with Crippen molar-refractivity contribution in [3.63, 3.8) is 0 Å². The summed E-state index contributed by atoms with van der Waals surface area (Å²) in [6.45, 7) is 3.06. The number of rotatable bonds is 4. The van der Waals surface area contributed by atoms with Gasteiger partial charge in [-0.1, -0.05) is 18.2 Å². The fourth-order valence-corrected chi connectivity index (χ4v) is 3.34. The molecule has 0 unspecified atom stereocenters. The molecule has 0 aliphatic carbocycles. The third kappa shape index (κ3) is 2.40. The summed E-state index contributed by atoms with van der Waals surface area (Å²) < 4.78 is 2.26. The van der Waals surface area contributed by atoms with Gasteiger partial charge >= 0.3 is 0 Å². The standard InChI is InChI=1S/C15H15ClN2S/c1-11-4-2-6-13-15(11)18(14(10-16)17-13)8-7-12-5-3-9-19-12/h2-6,9H,7-8,10H2,1H3. The molecule has 3 aromatic rings. The lowest BCUT2D eigenvalue weighted by Crippen LogP contribution is -2.05. The number of hydrogen-bond acceptors (Lipinski definition) is 2. The molecule has 4 heteroatoms. The van der Waals surface area contributed by atoms with Crippen molar-refractivity contribution in [3.8, 4) is 0 Å². The SMILES string of the molecule is Cc1cccc2nc(CCl)n(CCc3cccs3)c12. The van der Waals surface area contributed by atoms with Crippen LogP contribution in [-0.2, 0) is 18.8 Å². The molecule has 0 atom stereocenters. The van der Waals surface area contributed by atoms with Crippen LogP contribution in [0.2, 0.25) is 0 Å². The Bertz CT molecular complexity index is 686. The van der Waals surface area contributed by atoms with E-state index in [0.717, 1.165) is 24.3 Å². The predicted molar refractivity (Wildman–Crippen MR) is 82.1 cm³/mol. The Balaban J connectivity index is 2.00. The molecule has 0 aliphatic heterocycles. The highest BCUT2D eigenvalue weighted by atomic mass is 35.5. The van der Waals surface area contributed by atoms with Gasteiger partial charge in [0.2, 0.25) is 0 Å². The van der Waals surface area contributed by atoms with Gasteiger partial charge in [-0.3, -0.25) is 0 Å². The average molecular weight is 291 g/mol. The molecule has 0 saturated heterocycles. The van der Waals surface area contributed by atoms with Crippen molar-refractivity contribution in [2.75, 3.05) is 0 Å². The first kappa shape index (κ1) is 12.7. The topological polar surface area (TPSA) is 17.8 Å². The van der Waals surface area contributed by atoms with Crippen molar-refractivity contribution < 1.29 is 0 Å². The molecule has 0 spiro atoms. The lowest BCUT2D eigenvalue weighted by molar-refractivity contribution is 0.692. The number of fused-ring (bicyclic) bond motifs is 1. The van der Waals surface area contributed by atoms with Crippen LogP contribution in [0.1, 0.15) is 16.3 Å². The summed E-state index contributed by atoms with van der Waals surface area (Å²) in [7, 11) is 0. The monoisotopic (exact) mass is 290 g/mol. The Kier molecular flexibility index (Phi) is 3.58. The van der Waals surface area contributed by atoms with Crippen molar-refractivity contribution in [2.45, 2.75) is 25.8 Å². The van der Waals surface area contributed by atoms with Crippen LogP contribution in [0.25, 0.3) is 11.0 Å². The Morgan fingerprint density at radius 3 is 2.89 bits per heavy atom. The molecule has 0 N–H and O–H groups in total. The van der Waals surface area contributed by atoms with Crippen molar-refractivity contribution in [2.24, 2.45) is 0 Å². The molecule has 0 fully saturated rings. The summed E-state index contributed by atoms with van der Waals surface area (Å²) in [5.41, 5.74) is 3.52. The minimum absolute atomic E-state index is 0.457. The van der Waals surface area contributed by atoms with E-state index in [1.165, 1.54) is 16.0 Å². The number of nitrogens with zero attached hydrogens (tertiary/aromatic N) is 2. The highest BCUT2D eigenvalue weighted by Crippen LogP contribution is 2.22. The highest BCUT2D eigenvalue weighted by Gasteiger charge is 2.11. The molecule has 0 radical (unpaired) electrons.